The van der Waals surface area contributed by atoms with Gasteiger partial charge in [0.25, 0.3) is 0 Å². The molecule has 0 saturated carbocycles. The van der Waals surface area contributed by atoms with Crippen molar-refractivity contribution in [1.82, 2.24) is 0 Å². The fourth-order valence-corrected chi connectivity index (χ4v) is 1.72. The van der Waals surface area contributed by atoms with Crippen LogP contribution in [-0.2, 0) is 0 Å². The molecule has 2 aromatic rings. The molecule has 0 saturated heterocycles. The number of carbonyl (C=O) groups is 1. The molecule has 0 fully saturated rings. The number of nitrogen functional groups attached to an aromatic ring is 1. The van der Waals surface area contributed by atoms with Gasteiger partial charge in [-0.05, 0) is 36.4 Å². The zero-order valence-electron chi connectivity index (χ0n) is 10.1. The van der Waals surface area contributed by atoms with E-state index in [0.717, 1.165) is 18.2 Å². The molecule has 98 valence electrons. The molecular weight excluding hydrogens is 252 g/mol. The zero-order chi connectivity index (χ0) is 14.0. The SMILES string of the molecule is COc1ccc(N)cc1C(=O)c1cc(F)ccc1F. The van der Waals surface area contributed by atoms with Gasteiger partial charge in [0.05, 0.1) is 18.2 Å². The third-order valence-corrected chi connectivity index (χ3v) is 2.64. The molecule has 0 atom stereocenters. The van der Waals surface area contributed by atoms with Crippen LogP contribution in [0.15, 0.2) is 36.4 Å². The van der Waals surface area contributed by atoms with E-state index in [1.165, 1.54) is 19.2 Å². The Morgan fingerprint density at radius 1 is 1.11 bits per heavy atom. The average Bonchev–Trinajstić information content (AvgIpc) is 2.40. The highest BCUT2D eigenvalue weighted by Crippen LogP contribution is 2.25. The number of ether oxygens (including phenoxy) is 1. The summed E-state index contributed by atoms with van der Waals surface area (Å²) in [5.74, 6) is -1.91. The van der Waals surface area contributed by atoms with Crippen molar-refractivity contribution in [2.75, 3.05) is 12.8 Å². The molecule has 2 rings (SSSR count). The normalized spacial score (nSPS) is 10.3. The highest BCUT2D eigenvalue weighted by atomic mass is 19.1. The van der Waals surface area contributed by atoms with Crippen molar-refractivity contribution in [2.45, 2.75) is 0 Å². The van der Waals surface area contributed by atoms with Crippen LogP contribution in [0.2, 0.25) is 0 Å². The van der Waals surface area contributed by atoms with Gasteiger partial charge in [0, 0.05) is 5.69 Å². The maximum atomic E-state index is 13.6. The van der Waals surface area contributed by atoms with E-state index in [1.807, 2.05) is 0 Å². The third-order valence-electron chi connectivity index (χ3n) is 2.64. The van der Waals surface area contributed by atoms with Gasteiger partial charge in [-0.1, -0.05) is 0 Å². The summed E-state index contributed by atoms with van der Waals surface area (Å²) in [6, 6.07) is 7.12. The standard InChI is InChI=1S/C14H11F2NO2/c1-19-13-5-3-9(17)7-11(13)14(18)10-6-8(15)2-4-12(10)16/h2-7H,17H2,1H3. The van der Waals surface area contributed by atoms with Crippen LogP contribution >= 0.6 is 0 Å². The summed E-state index contributed by atoms with van der Waals surface area (Å²) in [7, 11) is 1.38. The summed E-state index contributed by atoms with van der Waals surface area (Å²) >= 11 is 0. The van der Waals surface area contributed by atoms with Crippen LogP contribution in [0.3, 0.4) is 0 Å². The third kappa shape index (κ3) is 2.54. The van der Waals surface area contributed by atoms with Crippen molar-refractivity contribution in [3.05, 3.63) is 59.2 Å². The molecule has 0 unspecified atom stereocenters. The number of hydrogen-bond donors (Lipinski definition) is 1. The largest absolute Gasteiger partial charge is 0.496 e. The lowest BCUT2D eigenvalue weighted by molar-refractivity contribution is 0.103. The fraction of sp³-hybridized carbons (Fsp3) is 0.0714. The quantitative estimate of drug-likeness (QED) is 0.684. The van der Waals surface area contributed by atoms with Crippen molar-refractivity contribution in [2.24, 2.45) is 0 Å². The van der Waals surface area contributed by atoms with E-state index < -0.39 is 17.4 Å². The van der Waals surface area contributed by atoms with Crippen LogP contribution < -0.4 is 10.5 Å². The molecule has 0 radical (unpaired) electrons. The minimum Gasteiger partial charge on any atom is -0.496 e. The molecule has 0 bridgehead atoms. The number of carbonyl (C=O) groups excluding carboxylic acids is 1. The summed E-state index contributed by atoms with van der Waals surface area (Å²) in [6.45, 7) is 0. The first-order valence-corrected chi connectivity index (χ1v) is 5.46. The van der Waals surface area contributed by atoms with Gasteiger partial charge in [0.2, 0.25) is 0 Å². The van der Waals surface area contributed by atoms with Gasteiger partial charge in [0.15, 0.2) is 5.78 Å². The van der Waals surface area contributed by atoms with Gasteiger partial charge in [-0.3, -0.25) is 4.79 Å². The van der Waals surface area contributed by atoms with E-state index >= 15 is 0 Å². The van der Waals surface area contributed by atoms with E-state index in [2.05, 4.69) is 0 Å². The summed E-state index contributed by atoms with van der Waals surface area (Å²) in [4.78, 5) is 12.2. The zero-order valence-corrected chi connectivity index (χ0v) is 10.1. The summed E-state index contributed by atoms with van der Waals surface area (Å²) in [6.07, 6.45) is 0. The molecular formula is C14H11F2NO2. The van der Waals surface area contributed by atoms with E-state index in [4.69, 9.17) is 10.5 Å². The Hall–Kier alpha value is -2.43. The Kier molecular flexibility index (Phi) is 3.46. The summed E-state index contributed by atoms with van der Waals surface area (Å²) < 4.78 is 31.7. The van der Waals surface area contributed by atoms with E-state index in [-0.39, 0.29) is 16.9 Å². The number of ketones is 1. The molecule has 19 heavy (non-hydrogen) atoms. The first-order valence-electron chi connectivity index (χ1n) is 5.46. The summed E-state index contributed by atoms with van der Waals surface area (Å²) in [5, 5.41) is 0. The highest BCUT2D eigenvalue weighted by molar-refractivity contribution is 6.11. The lowest BCUT2D eigenvalue weighted by atomic mass is 10.0. The number of nitrogens with two attached hydrogens (primary N) is 1. The number of rotatable bonds is 3. The molecule has 0 amide bonds. The second-order valence-corrected chi connectivity index (χ2v) is 3.91. The Morgan fingerprint density at radius 3 is 2.53 bits per heavy atom. The molecule has 5 heteroatoms. The number of halogens is 2. The van der Waals surface area contributed by atoms with Gasteiger partial charge in [0.1, 0.15) is 17.4 Å². The van der Waals surface area contributed by atoms with Crippen LogP contribution in [0.25, 0.3) is 0 Å². The Labute approximate surface area is 108 Å². The molecule has 0 heterocycles. The minimum atomic E-state index is -0.795. The van der Waals surface area contributed by atoms with Gasteiger partial charge in [-0.25, -0.2) is 8.78 Å². The Morgan fingerprint density at radius 2 is 1.84 bits per heavy atom. The predicted molar refractivity (Wildman–Crippen MR) is 67.2 cm³/mol. The topological polar surface area (TPSA) is 52.3 Å². The van der Waals surface area contributed by atoms with Crippen LogP contribution in [0.5, 0.6) is 5.75 Å². The maximum Gasteiger partial charge on any atom is 0.199 e. The van der Waals surface area contributed by atoms with Gasteiger partial charge >= 0.3 is 0 Å². The molecule has 2 aromatic carbocycles. The van der Waals surface area contributed by atoms with Crippen LogP contribution in [0.4, 0.5) is 14.5 Å². The number of benzene rings is 2. The Balaban J connectivity index is 2.55. The summed E-state index contributed by atoms with van der Waals surface area (Å²) in [5.41, 5.74) is 5.66. The lowest BCUT2D eigenvalue weighted by Gasteiger charge is -2.09. The monoisotopic (exact) mass is 263 g/mol. The molecule has 3 nitrogen and oxygen atoms in total. The van der Waals surface area contributed by atoms with E-state index in [0.29, 0.717) is 5.69 Å². The van der Waals surface area contributed by atoms with Gasteiger partial charge in [-0.2, -0.15) is 0 Å². The van der Waals surface area contributed by atoms with Crippen LogP contribution in [0.1, 0.15) is 15.9 Å². The first kappa shape index (κ1) is 13.0. The molecule has 0 aliphatic heterocycles. The Bertz CT molecular complexity index is 641. The molecule has 0 aliphatic carbocycles. The van der Waals surface area contributed by atoms with Crippen LogP contribution in [-0.4, -0.2) is 12.9 Å². The van der Waals surface area contributed by atoms with Crippen molar-refractivity contribution in [3.63, 3.8) is 0 Å². The minimum absolute atomic E-state index is 0.0898. The van der Waals surface area contributed by atoms with Gasteiger partial charge < -0.3 is 10.5 Å². The highest BCUT2D eigenvalue weighted by Gasteiger charge is 2.19. The predicted octanol–water partition coefficient (Wildman–Crippen LogP) is 2.79. The van der Waals surface area contributed by atoms with Crippen molar-refractivity contribution in [3.8, 4) is 5.75 Å². The molecule has 0 aromatic heterocycles. The van der Waals surface area contributed by atoms with Crippen molar-refractivity contribution in [1.29, 1.82) is 0 Å². The molecule has 0 spiro atoms. The van der Waals surface area contributed by atoms with Crippen molar-refractivity contribution < 1.29 is 18.3 Å². The van der Waals surface area contributed by atoms with Gasteiger partial charge in [-0.15, -0.1) is 0 Å². The number of hydrogen-bond acceptors (Lipinski definition) is 3. The van der Waals surface area contributed by atoms with Crippen LogP contribution in [0, 0.1) is 11.6 Å². The first-order chi connectivity index (χ1) is 9.02. The fourth-order valence-electron chi connectivity index (χ4n) is 1.72. The van der Waals surface area contributed by atoms with E-state index in [1.54, 1.807) is 6.07 Å². The number of methoxy groups -OCH3 is 1. The molecule has 2 N–H and O–H groups in total. The second-order valence-electron chi connectivity index (χ2n) is 3.91. The average molecular weight is 263 g/mol. The second kappa shape index (κ2) is 5.06. The lowest BCUT2D eigenvalue weighted by Crippen LogP contribution is -2.07. The smallest absolute Gasteiger partial charge is 0.199 e. The number of anilines is 1. The molecule has 0 aliphatic rings. The maximum absolute atomic E-state index is 13.6. The van der Waals surface area contributed by atoms with Crippen molar-refractivity contribution >= 4 is 11.5 Å². The van der Waals surface area contributed by atoms with E-state index in [9.17, 15) is 13.6 Å².